The zero-order valence-electron chi connectivity index (χ0n) is 9.64. The van der Waals surface area contributed by atoms with E-state index in [0.29, 0.717) is 17.8 Å². The molecule has 0 aliphatic rings. The predicted octanol–water partition coefficient (Wildman–Crippen LogP) is 1.85. The molecular weight excluding hydrogens is 223 g/mol. The second-order valence-electron chi connectivity index (χ2n) is 4.09. The number of aromatic nitrogens is 3. The molecular formula is C11H13FN4O. The molecule has 2 heterocycles. The van der Waals surface area contributed by atoms with E-state index >= 15 is 0 Å². The highest BCUT2D eigenvalue weighted by atomic mass is 19.1. The van der Waals surface area contributed by atoms with Crippen LogP contribution in [-0.4, -0.2) is 15.1 Å². The Morgan fingerprint density at radius 2 is 2.24 bits per heavy atom. The van der Waals surface area contributed by atoms with Crippen LogP contribution in [0.2, 0.25) is 0 Å². The fraction of sp³-hybridized carbons (Fsp3) is 0.364. The van der Waals surface area contributed by atoms with Gasteiger partial charge >= 0.3 is 0 Å². The van der Waals surface area contributed by atoms with Gasteiger partial charge in [-0.2, -0.15) is 4.98 Å². The van der Waals surface area contributed by atoms with Crippen molar-refractivity contribution in [1.82, 2.24) is 15.1 Å². The smallest absolute Gasteiger partial charge is 0.259 e. The first-order valence-electron chi connectivity index (χ1n) is 5.27. The molecule has 0 aromatic carbocycles. The molecule has 2 aromatic rings. The second-order valence-corrected chi connectivity index (χ2v) is 4.09. The third kappa shape index (κ3) is 2.31. The van der Waals surface area contributed by atoms with Crippen molar-refractivity contribution < 1.29 is 8.91 Å². The van der Waals surface area contributed by atoms with Crippen molar-refractivity contribution in [2.24, 2.45) is 5.73 Å². The Morgan fingerprint density at radius 3 is 2.88 bits per heavy atom. The molecule has 6 heteroatoms. The zero-order chi connectivity index (χ0) is 12.5. The Bertz CT molecular complexity index is 524. The molecule has 0 saturated carbocycles. The summed E-state index contributed by atoms with van der Waals surface area (Å²) in [7, 11) is 0. The normalized spacial score (nSPS) is 14.6. The van der Waals surface area contributed by atoms with Crippen molar-refractivity contribution in [3.05, 3.63) is 30.1 Å². The summed E-state index contributed by atoms with van der Waals surface area (Å²) >= 11 is 0. The number of nitrogens with two attached hydrogens (primary N) is 1. The highest BCUT2D eigenvalue weighted by Crippen LogP contribution is 2.22. The van der Waals surface area contributed by atoms with E-state index in [1.807, 2.05) is 13.8 Å². The summed E-state index contributed by atoms with van der Waals surface area (Å²) in [4.78, 5) is 7.87. The molecule has 1 unspecified atom stereocenters. The Morgan fingerprint density at radius 1 is 1.47 bits per heavy atom. The number of hydrogen-bond donors (Lipinski definition) is 1. The predicted molar refractivity (Wildman–Crippen MR) is 59.3 cm³/mol. The van der Waals surface area contributed by atoms with Crippen molar-refractivity contribution in [1.29, 1.82) is 0 Å². The van der Waals surface area contributed by atoms with Crippen molar-refractivity contribution in [3.8, 4) is 11.5 Å². The maximum absolute atomic E-state index is 13.0. The van der Waals surface area contributed by atoms with Crippen molar-refractivity contribution in [2.45, 2.75) is 25.8 Å². The fourth-order valence-electron chi connectivity index (χ4n) is 1.26. The standard InChI is InChI=1S/C11H13FN4O/c1-3-11(2,13)10-15-9(17-16-10)7-4-8(12)6-14-5-7/h4-6H,3,13H2,1-2H3. The molecule has 0 radical (unpaired) electrons. The Labute approximate surface area is 97.9 Å². The van der Waals surface area contributed by atoms with Gasteiger partial charge in [-0.05, 0) is 19.4 Å². The average molecular weight is 236 g/mol. The molecule has 17 heavy (non-hydrogen) atoms. The number of pyridine rings is 1. The minimum atomic E-state index is -0.650. The molecule has 5 nitrogen and oxygen atoms in total. The van der Waals surface area contributed by atoms with Crippen LogP contribution in [0.5, 0.6) is 0 Å². The van der Waals surface area contributed by atoms with Gasteiger partial charge in [0.1, 0.15) is 5.82 Å². The van der Waals surface area contributed by atoms with Crippen LogP contribution in [0.1, 0.15) is 26.1 Å². The van der Waals surface area contributed by atoms with Crippen molar-refractivity contribution >= 4 is 0 Å². The van der Waals surface area contributed by atoms with E-state index in [2.05, 4.69) is 15.1 Å². The summed E-state index contributed by atoms with van der Waals surface area (Å²) in [5.74, 6) is 0.171. The quantitative estimate of drug-likeness (QED) is 0.879. The van der Waals surface area contributed by atoms with Crippen LogP contribution in [0.3, 0.4) is 0 Å². The second kappa shape index (κ2) is 4.21. The van der Waals surface area contributed by atoms with E-state index in [0.717, 1.165) is 6.20 Å². The lowest BCUT2D eigenvalue weighted by atomic mass is 10.0. The monoisotopic (exact) mass is 236 g/mol. The van der Waals surface area contributed by atoms with E-state index in [4.69, 9.17) is 10.3 Å². The molecule has 2 aromatic heterocycles. The van der Waals surface area contributed by atoms with Crippen LogP contribution < -0.4 is 5.73 Å². The van der Waals surface area contributed by atoms with Gasteiger partial charge in [-0.3, -0.25) is 4.98 Å². The van der Waals surface area contributed by atoms with Crippen LogP contribution >= 0.6 is 0 Å². The lowest BCUT2D eigenvalue weighted by Crippen LogP contribution is -2.33. The van der Waals surface area contributed by atoms with Crippen molar-refractivity contribution in [3.63, 3.8) is 0 Å². The SMILES string of the molecule is CCC(C)(N)c1noc(-c2cncc(F)c2)n1. The van der Waals surface area contributed by atoms with Gasteiger partial charge in [0.05, 0.1) is 17.3 Å². The lowest BCUT2D eigenvalue weighted by molar-refractivity contribution is 0.378. The van der Waals surface area contributed by atoms with Gasteiger partial charge in [-0.15, -0.1) is 0 Å². The Balaban J connectivity index is 2.36. The van der Waals surface area contributed by atoms with Gasteiger partial charge in [0.25, 0.3) is 5.89 Å². The summed E-state index contributed by atoms with van der Waals surface area (Å²) in [5.41, 5.74) is 5.77. The largest absolute Gasteiger partial charge is 0.334 e. The molecule has 0 saturated heterocycles. The van der Waals surface area contributed by atoms with Gasteiger partial charge in [-0.25, -0.2) is 4.39 Å². The molecule has 1 atom stereocenters. The van der Waals surface area contributed by atoms with Crippen LogP contribution in [-0.2, 0) is 5.54 Å². The van der Waals surface area contributed by atoms with E-state index in [9.17, 15) is 4.39 Å². The minimum Gasteiger partial charge on any atom is -0.334 e. The van der Waals surface area contributed by atoms with Crippen LogP contribution in [0, 0.1) is 5.82 Å². The van der Waals surface area contributed by atoms with E-state index < -0.39 is 11.4 Å². The highest BCUT2D eigenvalue weighted by Gasteiger charge is 2.25. The topological polar surface area (TPSA) is 77.8 Å². The van der Waals surface area contributed by atoms with Crippen molar-refractivity contribution in [2.75, 3.05) is 0 Å². The highest BCUT2D eigenvalue weighted by molar-refractivity contribution is 5.50. The van der Waals surface area contributed by atoms with Gasteiger partial charge in [-0.1, -0.05) is 12.1 Å². The lowest BCUT2D eigenvalue weighted by Gasteiger charge is -2.16. The summed E-state index contributed by atoms with van der Waals surface area (Å²) in [6.45, 7) is 3.74. The average Bonchev–Trinajstić information content (AvgIpc) is 2.79. The molecule has 0 amide bonds. The minimum absolute atomic E-state index is 0.220. The number of halogens is 1. The third-order valence-electron chi connectivity index (χ3n) is 2.62. The first-order chi connectivity index (χ1) is 8.03. The first-order valence-corrected chi connectivity index (χ1v) is 5.27. The van der Waals surface area contributed by atoms with Crippen LogP contribution in [0.25, 0.3) is 11.5 Å². The van der Waals surface area contributed by atoms with Gasteiger partial charge < -0.3 is 10.3 Å². The molecule has 2 rings (SSSR count). The van der Waals surface area contributed by atoms with Gasteiger partial charge in [0.15, 0.2) is 5.82 Å². The molecule has 0 spiro atoms. The number of rotatable bonds is 3. The summed E-state index contributed by atoms with van der Waals surface area (Å²) in [5, 5.41) is 3.80. The number of hydrogen-bond acceptors (Lipinski definition) is 5. The van der Waals surface area contributed by atoms with E-state index in [-0.39, 0.29) is 5.89 Å². The summed E-state index contributed by atoms with van der Waals surface area (Å²) in [6, 6.07) is 1.28. The van der Waals surface area contributed by atoms with Gasteiger partial charge in [0, 0.05) is 6.20 Å². The van der Waals surface area contributed by atoms with Crippen LogP contribution in [0.15, 0.2) is 23.0 Å². The molecule has 0 aliphatic heterocycles. The fourth-order valence-corrected chi connectivity index (χ4v) is 1.26. The number of nitrogens with zero attached hydrogens (tertiary/aromatic N) is 3. The molecule has 90 valence electrons. The van der Waals surface area contributed by atoms with Gasteiger partial charge in [0.2, 0.25) is 0 Å². The summed E-state index contributed by atoms with van der Waals surface area (Å²) in [6.07, 6.45) is 3.24. The Hall–Kier alpha value is -1.82. The van der Waals surface area contributed by atoms with E-state index in [1.54, 1.807) is 0 Å². The molecule has 0 aliphatic carbocycles. The first kappa shape index (κ1) is 11.7. The van der Waals surface area contributed by atoms with Crippen LogP contribution in [0.4, 0.5) is 4.39 Å². The Kier molecular flexibility index (Phi) is 2.89. The molecule has 0 bridgehead atoms. The maximum Gasteiger partial charge on any atom is 0.259 e. The third-order valence-corrected chi connectivity index (χ3v) is 2.62. The summed E-state index contributed by atoms with van der Waals surface area (Å²) < 4.78 is 18.0. The molecule has 0 fully saturated rings. The zero-order valence-corrected chi connectivity index (χ0v) is 9.64. The van der Waals surface area contributed by atoms with E-state index in [1.165, 1.54) is 12.3 Å². The molecule has 2 N–H and O–H groups in total. The maximum atomic E-state index is 13.0.